The highest BCUT2D eigenvalue weighted by atomic mass is 35.5. The van der Waals surface area contributed by atoms with Crippen LogP contribution in [0.2, 0.25) is 5.02 Å². The van der Waals surface area contributed by atoms with Gasteiger partial charge in [-0.3, -0.25) is 9.89 Å². The third kappa shape index (κ3) is 3.38. The Morgan fingerprint density at radius 1 is 1.23 bits per heavy atom. The molecule has 4 rings (SSSR count). The fourth-order valence-corrected chi connectivity index (χ4v) is 3.66. The number of nitrogens with zero attached hydrogens (tertiary/aromatic N) is 4. The number of aliphatic imine (C=N–C) groups is 1. The lowest BCUT2D eigenvalue weighted by Crippen LogP contribution is -2.55. The maximum atomic E-state index is 13.0. The van der Waals surface area contributed by atoms with Crippen molar-refractivity contribution in [3.63, 3.8) is 0 Å². The molecule has 7 heteroatoms. The summed E-state index contributed by atoms with van der Waals surface area (Å²) in [6, 6.07) is 5.45. The summed E-state index contributed by atoms with van der Waals surface area (Å²) in [5.74, 6) is 2.23. The van der Waals surface area contributed by atoms with Crippen LogP contribution in [0.1, 0.15) is 6.92 Å². The van der Waals surface area contributed by atoms with Crippen LogP contribution in [-0.4, -0.2) is 67.5 Å². The zero-order valence-corrected chi connectivity index (χ0v) is 15.7. The summed E-state index contributed by atoms with van der Waals surface area (Å²) < 4.78 is 5.65. The highest BCUT2D eigenvalue weighted by molar-refractivity contribution is 6.30. The van der Waals surface area contributed by atoms with Crippen molar-refractivity contribution in [1.82, 2.24) is 9.80 Å². The van der Waals surface area contributed by atoms with Gasteiger partial charge in [0.25, 0.3) is 0 Å². The van der Waals surface area contributed by atoms with Gasteiger partial charge in [0.05, 0.1) is 12.2 Å². The average molecular weight is 375 g/mol. The molecular weight excluding hydrogens is 352 g/mol. The Labute approximate surface area is 158 Å². The number of hydrogen-bond donors (Lipinski definition) is 0. The fourth-order valence-electron chi connectivity index (χ4n) is 3.50. The molecule has 1 atom stereocenters. The van der Waals surface area contributed by atoms with E-state index < -0.39 is 0 Å². The van der Waals surface area contributed by atoms with Gasteiger partial charge in [0.15, 0.2) is 0 Å². The zero-order valence-electron chi connectivity index (χ0n) is 14.9. The number of hydrogen-bond acceptors (Lipinski definition) is 4. The molecule has 0 spiro atoms. The largest absolute Gasteiger partial charge is 0.489 e. The van der Waals surface area contributed by atoms with Crippen LogP contribution in [0.5, 0.6) is 5.75 Å². The minimum atomic E-state index is 0.0336. The molecule has 138 valence electrons. The van der Waals surface area contributed by atoms with Crippen molar-refractivity contribution in [3.05, 3.63) is 35.4 Å². The second-order valence-electron chi connectivity index (χ2n) is 6.90. The number of carbonyl (C=O) groups is 1. The first-order valence-corrected chi connectivity index (χ1v) is 9.46. The van der Waals surface area contributed by atoms with E-state index in [0.717, 1.165) is 31.2 Å². The molecule has 3 heterocycles. The molecule has 6 nitrogen and oxygen atoms in total. The van der Waals surface area contributed by atoms with Crippen molar-refractivity contribution in [2.75, 3.05) is 50.8 Å². The molecule has 1 aromatic rings. The first-order valence-electron chi connectivity index (χ1n) is 9.08. The van der Waals surface area contributed by atoms with Crippen molar-refractivity contribution in [2.45, 2.75) is 6.92 Å². The number of benzene rings is 1. The topological polar surface area (TPSA) is 48.4 Å². The van der Waals surface area contributed by atoms with Gasteiger partial charge in [-0.05, 0) is 24.1 Å². The highest BCUT2D eigenvalue weighted by Crippen LogP contribution is 2.34. The van der Waals surface area contributed by atoms with Crippen LogP contribution in [0.15, 0.2) is 35.3 Å². The van der Waals surface area contributed by atoms with Crippen LogP contribution in [-0.2, 0) is 0 Å². The average Bonchev–Trinajstić information content (AvgIpc) is 2.67. The van der Waals surface area contributed by atoms with Crippen molar-refractivity contribution in [3.8, 4) is 5.75 Å². The van der Waals surface area contributed by atoms with Crippen LogP contribution in [0.4, 0.5) is 10.5 Å². The first-order chi connectivity index (χ1) is 12.6. The van der Waals surface area contributed by atoms with E-state index in [2.05, 4.69) is 29.0 Å². The van der Waals surface area contributed by atoms with E-state index >= 15 is 0 Å². The predicted octanol–water partition coefficient (Wildman–Crippen LogP) is 2.88. The third-order valence-electron chi connectivity index (χ3n) is 5.01. The van der Waals surface area contributed by atoms with Crippen molar-refractivity contribution >= 4 is 29.2 Å². The Morgan fingerprint density at radius 2 is 2.04 bits per heavy atom. The van der Waals surface area contributed by atoms with Gasteiger partial charge in [0.1, 0.15) is 18.2 Å². The number of anilines is 1. The van der Waals surface area contributed by atoms with E-state index in [0.29, 0.717) is 42.9 Å². The van der Waals surface area contributed by atoms with Crippen LogP contribution >= 0.6 is 11.6 Å². The lowest BCUT2D eigenvalue weighted by Gasteiger charge is -2.40. The Bertz CT molecular complexity index is 756. The summed E-state index contributed by atoms with van der Waals surface area (Å²) in [7, 11) is 0. The SMILES string of the molecule is CC1C=CC(N2CCN(C(=O)N3CCOc4cc(Cl)ccc43)CC2)=NC1. The smallest absolute Gasteiger partial charge is 0.324 e. The van der Waals surface area contributed by atoms with Gasteiger partial charge in [0, 0.05) is 43.8 Å². The molecular formula is C19H23ClN4O2. The summed E-state index contributed by atoms with van der Waals surface area (Å²) >= 11 is 6.04. The number of carbonyl (C=O) groups excluding carboxylic acids is 1. The molecule has 3 aliphatic rings. The molecule has 0 saturated carbocycles. The maximum Gasteiger partial charge on any atom is 0.324 e. The highest BCUT2D eigenvalue weighted by Gasteiger charge is 2.30. The molecule has 0 N–H and O–H groups in total. The number of urea groups is 1. The standard InChI is InChI=1S/C19H23ClN4O2/c1-14-2-5-18(21-13-14)22-6-8-23(9-7-22)19(25)24-10-11-26-17-12-15(20)3-4-16(17)24/h2-5,12,14H,6-11,13H2,1H3. The molecule has 0 radical (unpaired) electrons. The second-order valence-corrected chi connectivity index (χ2v) is 7.34. The molecule has 26 heavy (non-hydrogen) atoms. The number of ether oxygens (including phenoxy) is 1. The minimum Gasteiger partial charge on any atom is -0.489 e. The molecule has 3 aliphatic heterocycles. The van der Waals surface area contributed by atoms with Gasteiger partial charge < -0.3 is 14.5 Å². The van der Waals surface area contributed by atoms with Crippen molar-refractivity contribution in [1.29, 1.82) is 0 Å². The maximum absolute atomic E-state index is 13.0. The number of dihydropyridines is 1. The third-order valence-corrected chi connectivity index (χ3v) is 5.24. The summed E-state index contributed by atoms with van der Waals surface area (Å²) in [4.78, 5) is 23.6. The molecule has 1 unspecified atom stereocenters. The monoisotopic (exact) mass is 374 g/mol. The number of halogens is 1. The van der Waals surface area contributed by atoms with Gasteiger partial charge in [-0.25, -0.2) is 4.79 Å². The Morgan fingerprint density at radius 3 is 2.77 bits per heavy atom. The summed E-state index contributed by atoms with van der Waals surface area (Å²) in [5.41, 5.74) is 0.793. The molecule has 2 amide bonds. The van der Waals surface area contributed by atoms with Crippen LogP contribution in [0, 0.1) is 5.92 Å². The van der Waals surface area contributed by atoms with Crippen molar-refractivity contribution in [2.24, 2.45) is 10.9 Å². The molecule has 1 fully saturated rings. The van der Waals surface area contributed by atoms with Crippen molar-refractivity contribution < 1.29 is 9.53 Å². The van der Waals surface area contributed by atoms with Crippen LogP contribution in [0.3, 0.4) is 0 Å². The van der Waals surface area contributed by atoms with Gasteiger partial charge in [-0.15, -0.1) is 0 Å². The molecule has 0 aliphatic carbocycles. The minimum absolute atomic E-state index is 0.0336. The number of rotatable bonds is 0. The molecule has 1 aromatic carbocycles. The number of amides is 2. The Hall–Kier alpha value is -2.21. The van der Waals surface area contributed by atoms with Gasteiger partial charge in [0.2, 0.25) is 0 Å². The molecule has 0 aromatic heterocycles. The number of amidine groups is 1. The van der Waals surface area contributed by atoms with E-state index in [1.54, 1.807) is 17.0 Å². The predicted molar refractivity (Wildman–Crippen MR) is 103 cm³/mol. The van der Waals surface area contributed by atoms with Gasteiger partial charge in [-0.1, -0.05) is 24.6 Å². The van der Waals surface area contributed by atoms with Gasteiger partial charge >= 0.3 is 6.03 Å². The number of fused-ring (bicyclic) bond motifs is 1. The van der Waals surface area contributed by atoms with Crippen LogP contribution in [0.25, 0.3) is 0 Å². The summed E-state index contributed by atoms with van der Waals surface area (Å²) in [6.07, 6.45) is 4.31. The lowest BCUT2D eigenvalue weighted by atomic mass is 10.1. The molecule has 1 saturated heterocycles. The molecule has 0 bridgehead atoms. The normalized spacial score (nSPS) is 22.6. The van der Waals surface area contributed by atoms with E-state index in [4.69, 9.17) is 16.3 Å². The number of piperazine rings is 1. The van der Waals surface area contributed by atoms with E-state index in [1.165, 1.54) is 0 Å². The van der Waals surface area contributed by atoms with E-state index in [1.807, 2.05) is 11.0 Å². The Balaban J connectivity index is 1.41. The summed E-state index contributed by atoms with van der Waals surface area (Å²) in [5, 5.41) is 0.613. The Kier molecular flexibility index (Phi) is 4.76. The second kappa shape index (κ2) is 7.19. The van der Waals surface area contributed by atoms with E-state index in [-0.39, 0.29) is 6.03 Å². The first kappa shape index (κ1) is 17.2. The van der Waals surface area contributed by atoms with E-state index in [9.17, 15) is 4.79 Å². The lowest BCUT2D eigenvalue weighted by molar-refractivity contribution is 0.172. The van der Waals surface area contributed by atoms with Gasteiger partial charge in [-0.2, -0.15) is 0 Å². The fraction of sp³-hybridized carbons (Fsp3) is 0.474. The summed E-state index contributed by atoms with van der Waals surface area (Å²) in [6.45, 7) is 7.06. The zero-order chi connectivity index (χ0) is 18.1. The van der Waals surface area contributed by atoms with Crippen LogP contribution < -0.4 is 9.64 Å². The quantitative estimate of drug-likeness (QED) is 0.701.